The Hall–Kier alpha value is -0.610. The first-order chi connectivity index (χ1) is 8.70. The van der Waals surface area contributed by atoms with E-state index >= 15 is 0 Å². The van der Waals surface area contributed by atoms with Crippen LogP contribution in [-0.2, 0) is 4.79 Å². The highest BCUT2D eigenvalue weighted by atomic mass is 16.2. The molecule has 0 saturated carbocycles. The van der Waals surface area contributed by atoms with Crippen molar-refractivity contribution in [2.24, 2.45) is 5.92 Å². The van der Waals surface area contributed by atoms with Crippen molar-refractivity contribution in [1.82, 2.24) is 15.1 Å². The van der Waals surface area contributed by atoms with E-state index in [-0.39, 0.29) is 0 Å². The molecule has 2 unspecified atom stereocenters. The van der Waals surface area contributed by atoms with E-state index < -0.39 is 0 Å². The number of hydrogen-bond acceptors (Lipinski definition) is 3. The molecular formula is C14H27N3O. The number of nitrogens with zero attached hydrogens (tertiary/aromatic N) is 2. The largest absolute Gasteiger partial charge is 0.344 e. The molecule has 4 nitrogen and oxygen atoms in total. The van der Waals surface area contributed by atoms with Gasteiger partial charge in [-0.1, -0.05) is 6.92 Å². The fourth-order valence-corrected chi connectivity index (χ4v) is 3.23. The van der Waals surface area contributed by atoms with Crippen molar-refractivity contribution >= 4 is 5.91 Å². The van der Waals surface area contributed by atoms with Crippen LogP contribution in [0.5, 0.6) is 0 Å². The Morgan fingerprint density at radius 3 is 2.94 bits per heavy atom. The number of carbonyl (C=O) groups excluding carboxylic acids is 1. The maximum absolute atomic E-state index is 12.2. The van der Waals surface area contributed by atoms with Gasteiger partial charge in [-0.05, 0) is 51.4 Å². The van der Waals surface area contributed by atoms with Crippen LogP contribution in [0.25, 0.3) is 0 Å². The van der Waals surface area contributed by atoms with Gasteiger partial charge in [-0.3, -0.25) is 9.69 Å². The Balaban J connectivity index is 1.75. The van der Waals surface area contributed by atoms with Crippen LogP contribution in [0.1, 0.15) is 32.6 Å². The first-order valence-electron chi connectivity index (χ1n) is 7.39. The van der Waals surface area contributed by atoms with Crippen molar-refractivity contribution in [3.63, 3.8) is 0 Å². The summed E-state index contributed by atoms with van der Waals surface area (Å²) in [5.74, 6) is 0.887. The van der Waals surface area contributed by atoms with E-state index in [2.05, 4.69) is 17.1 Å². The average molecular weight is 253 g/mol. The van der Waals surface area contributed by atoms with Gasteiger partial charge in [0.1, 0.15) is 0 Å². The third-order valence-electron chi connectivity index (χ3n) is 4.44. The quantitative estimate of drug-likeness (QED) is 0.792. The van der Waals surface area contributed by atoms with E-state index in [1.807, 2.05) is 11.9 Å². The first-order valence-corrected chi connectivity index (χ1v) is 7.39. The van der Waals surface area contributed by atoms with Gasteiger partial charge < -0.3 is 10.2 Å². The Labute approximate surface area is 111 Å². The molecule has 104 valence electrons. The zero-order valence-electron chi connectivity index (χ0n) is 11.8. The third kappa shape index (κ3) is 3.45. The van der Waals surface area contributed by atoms with Crippen LogP contribution in [0, 0.1) is 5.92 Å². The van der Waals surface area contributed by atoms with Crippen molar-refractivity contribution in [2.45, 2.75) is 38.6 Å². The fourth-order valence-electron chi connectivity index (χ4n) is 3.23. The van der Waals surface area contributed by atoms with Gasteiger partial charge in [0.15, 0.2) is 0 Å². The second kappa shape index (κ2) is 6.53. The van der Waals surface area contributed by atoms with Crippen LogP contribution in [0.2, 0.25) is 0 Å². The molecule has 2 aliphatic rings. The van der Waals surface area contributed by atoms with E-state index in [1.165, 1.54) is 19.4 Å². The molecule has 0 aromatic heterocycles. The number of likely N-dealkylation sites (tertiary alicyclic amines) is 1. The van der Waals surface area contributed by atoms with Gasteiger partial charge in [-0.2, -0.15) is 0 Å². The summed E-state index contributed by atoms with van der Waals surface area (Å²) in [6.45, 7) is 7.53. The molecule has 2 atom stereocenters. The van der Waals surface area contributed by atoms with Crippen molar-refractivity contribution in [2.75, 3.05) is 39.8 Å². The molecule has 2 aliphatic heterocycles. The molecule has 2 saturated heterocycles. The Morgan fingerprint density at radius 1 is 1.44 bits per heavy atom. The molecule has 0 radical (unpaired) electrons. The third-order valence-corrected chi connectivity index (χ3v) is 4.44. The number of rotatable bonds is 5. The molecule has 0 spiro atoms. The normalized spacial score (nSPS) is 28.8. The lowest BCUT2D eigenvalue weighted by atomic mass is 10.0. The van der Waals surface area contributed by atoms with Crippen molar-refractivity contribution in [1.29, 1.82) is 0 Å². The van der Waals surface area contributed by atoms with Gasteiger partial charge in [-0.25, -0.2) is 0 Å². The van der Waals surface area contributed by atoms with Gasteiger partial charge >= 0.3 is 0 Å². The van der Waals surface area contributed by atoms with E-state index in [9.17, 15) is 4.79 Å². The summed E-state index contributed by atoms with van der Waals surface area (Å²) in [6.07, 6.45) is 4.41. The zero-order chi connectivity index (χ0) is 13.0. The summed E-state index contributed by atoms with van der Waals surface area (Å²) in [7, 11) is 1.97. The molecule has 2 heterocycles. The second-order valence-corrected chi connectivity index (χ2v) is 5.76. The molecule has 4 heteroatoms. The van der Waals surface area contributed by atoms with E-state index in [0.717, 1.165) is 39.0 Å². The van der Waals surface area contributed by atoms with Crippen LogP contribution in [0.3, 0.4) is 0 Å². The van der Waals surface area contributed by atoms with E-state index in [4.69, 9.17) is 0 Å². The van der Waals surface area contributed by atoms with Crippen LogP contribution in [-0.4, -0.2) is 61.5 Å². The summed E-state index contributed by atoms with van der Waals surface area (Å²) < 4.78 is 0. The van der Waals surface area contributed by atoms with Crippen LogP contribution in [0.15, 0.2) is 0 Å². The SMILES string of the molecule is CCN1CCCC1CN(C)C(=O)CC1CCNC1. The van der Waals surface area contributed by atoms with Crippen molar-refractivity contribution < 1.29 is 4.79 Å². The second-order valence-electron chi connectivity index (χ2n) is 5.76. The number of likely N-dealkylation sites (N-methyl/N-ethyl adjacent to an activating group) is 2. The highest BCUT2D eigenvalue weighted by Gasteiger charge is 2.26. The maximum Gasteiger partial charge on any atom is 0.222 e. The molecule has 2 rings (SSSR count). The Morgan fingerprint density at radius 2 is 2.28 bits per heavy atom. The molecule has 18 heavy (non-hydrogen) atoms. The first kappa shape index (κ1) is 13.8. The molecule has 0 aliphatic carbocycles. The lowest BCUT2D eigenvalue weighted by Crippen LogP contribution is -2.41. The van der Waals surface area contributed by atoms with E-state index in [1.54, 1.807) is 0 Å². The number of hydrogen-bond donors (Lipinski definition) is 1. The minimum atomic E-state index is 0.326. The Bertz CT molecular complexity index is 276. The maximum atomic E-state index is 12.2. The Kier molecular flexibility index (Phi) is 5.01. The van der Waals surface area contributed by atoms with Gasteiger partial charge in [0.2, 0.25) is 5.91 Å². The van der Waals surface area contributed by atoms with Gasteiger partial charge in [0.05, 0.1) is 0 Å². The predicted molar refractivity (Wildman–Crippen MR) is 73.5 cm³/mol. The summed E-state index contributed by atoms with van der Waals surface area (Å²) in [5.41, 5.74) is 0. The summed E-state index contributed by atoms with van der Waals surface area (Å²) in [6, 6.07) is 0.589. The topological polar surface area (TPSA) is 35.6 Å². The molecule has 0 aromatic carbocycles. The molecule has 1 N–H and O–H groups in total. The summed E-state index contributed by atoms with van der Waals surface area (Å²) in [5, 5.41) is 3.33. The van der Waals surface area contributed by atoms with Crippen molar-refractivity contribution in [3.05, 3.63) is 0 Å². The lowest BCUT2D eigenvalue weighted by molar-refractivity contribution is -0.131. The zero-order valence-corrected chi connectivity index (χ0v) is 11.8. The molecule has 0 bridgehead atoms. The number of carbonyl (C=O) groups is 1. The van der Waals surface area contributed by atoms with Gasteiger partial charge in [0.25, 0.3) is 0 Å². The highest BCUT2D eigenvalue weighted by Crippen LogP contribution is 2.19. The summed E-state index contributed by atoms with van der Waals surface area (Å²) >= 11 is 0. The van der Waals surface area contributed by atoms with Gasteiger partial charge in [0, 0.05) is 26.1 Å². The number of amides is 1. The monoisotopic (exact) mass is 253 g/mol. The molecule has 2 fully saturated rings. The number of nitrogens with one attached hydrogen (secondary N) is 1. The fraction of sp³-hybridized carbons (Fsp3) is 0.929. The van der Waals surface area contributed by atoms with E-state index in [0.29, 0.717) is 17.9 Å². The van der Waals surface area contributed by atoms with Crippen LogP contribution < -0.4 is 5.32 Å². The lowest BCUT2D eigenvalue weighted by Gasteiger charge is -2.28. The highest BCUT2D eigenvalue weighted by molar-refractivity contribution is 5.76. The van der Waals surface area contributed by atoms with Gasteiger partial charge in [-0.15, -0.1) is 0 Å². The minimum absolute atomic E-state index is 0.326. The van der Waals surface area contributed by atoms with Crippen molar-refractivity contribution in [3.8, 4) is 0 Å². The molecular weight excluding hydrogens is 226 g/mol. The van der Waals surface area contributed by atoms with Crippen LogP contribution >= 0.6 is 0 Å². The smallest absolute Gasteiger partial charge is 0.222 e. The predicted octanol–water partition coefficient (Wildman–Crippen LogP) is 0.929. The minimum Gasteiger partial charge on any atom is -0.344 e. The standard InChI is InChI=1S/C14H27N3O/c1-3-17-8-4-5-13(17)11-16(2)14(18)9-12-6-7-15-10-12/h12-13,15H,3-11H2,1-2H3. The van der Waals surface area contributed by atoms with Crippen LogP contribution in [0.4, 0.5) is 0 Å². The molecule has 0 aromatic rings. The molecule has 1 amide bonds. The summed E-state index contributed by atoms with van der Waals surface area (Å²) in [4.78, 5) is 16.6. The average Bonchev–Trinajstić information content (AvgIpc) is 2.99.